The Balaban J connectivity index is 2.53. The van der Waals surface area contributed by atoms with Crippen LogP contribution in [0, 0.1) is 0 Å². The van der Waals surface area contributed by atoms with Gasteiger partial charge in [-0.2, -0.15) is 0 Å². The van der Waals surface area contributed by atoms with E-state index in [9.17, 15) is 4.79 Å². The number of hydrogen-bond donors (Lipinski definition) is 0. The fourth-order valence-electron chi connectivity index (χ4n) is 2.04. The molecule has 0 saturated heterocycles. The molecule has 0 fully saturated rings. The third kappa shape index (κ3) is 7.20. The first-order valence-corrected chi connectivity index (χ1v) is 8.76. The van der Waals surface area contributed by atoms with Crippen molar-refractivity contribution in [1.82, 2.24) is 4.90 Å². The van der Waals surface area contributed by atoms with Gasteiger partial charge in [-0.15, -0.1) is 0 Å². The Morgan fingerprint density at radius 2 is 2.05 bits per heavy atom. The van der Waals surface area contributed by atoms with Crippen molar-refractivity contribution in [3.63, 3.8) is 0 Å². The van der Waals surface area contributed by atoms with Crippen molar-refractivity contribution in [1.29, 1.82) is 0 Å². The van der Waals surface area contributed by atoms with Crippen LogP contribution in [0.3, 0.4) is 0 Å². The molecule has 1 aromatic rings. The van der Waals surface area contributed by atoms with Gasteiger partial charge >= 0.3 is 0 Å². The van der Waals surface area contributed by atoms with Crippen LogP contribution in [0.1, 0.15) is 18.9 Å². The molecule has 0 aliphatic heterocycles. The summed E-state index contributed by atoms with van der Waals surface area (Å²) >= 11 is 2.32. The number of ether oxygens (including phenoxy) is 1. The summed E-state index contributed by atoms with van der Waals surface area (Å²) in [6.07, 6.45) is 1.86. The largest absolute Gasteiger partial charge is 0.377 e. The van der Waals surface area contributed by atoms with Crippen LogP contribution in [0.2, 0.25) is 0 Å². The Kier molecular flexibility index (Phi) is 9.54. The number of carbonyl (C=O) groups excluding carboxylic acids is 1. The van der Waals surface area contributed by atoms with Crippen molar-refractivity contribution in [2.45, 2.75) is 19.9 Å². The molecule has 1 aromatic carbocycles. The molecular weight excluding hydrogens is 377 g/mol. The van der Waals surface area contributed by atoms with Crippen LogP contribution in [-0.4, -0.2) is 42.4 Å². The highest BCUT2D eigenvalue weighted by Crippen LogP contribution is 2.13. The lowest BCUT2D eigenvalue weighted by molar-refractivity contribution is -0.105. The predicted octanol–water partition coefficient (Wildman–Crippen LogP) is 3.48. The first-order valence-electron chi connectivity index (χ1n) is 7.23. The van der Waals surface area contributed by atoms with E-state index in [-0.39, 0.29) is 0 Å². The smallest absolute Gasteiger partial charge is 0.148 e. The van der Waals surface area contributed by atoms with E-state index in [1.54, 1.807) is 0 Å². The van der Waals surface area contributed by atoms with E-state index in [4.69, 9.17) is 4.74 Å². The third-order valence-electron chi connectivity index (χ3n) is 3.31. The first kappa shape index (κ1) is 18.3. The summed E-state index contributed by atoms with van der Waals surface area (Å²) in [5, 5.41) is 0. The monoisotopic (exact) mass is 401 g/mol. The first-order chi connectivity index (χ1) is 10.2. The van der Waals surface area contributed by atoms with Gasteiger partial charge in [0.15, 0.2) is 0 Å². The summed E-state index contributed by atoms with van der Waals surface area (Å²) in [7, 11) is 2.11. The van der Waals surface area contributed by atoms with Gasteiger partial charge in [-0.1, -0.05) is 58.5 Å². The van der Waals surface area contributed by atoms with Gasteiger partial charge in [0.05, 0.1) is 6.61 Å². The fraction of sp³-hybridized carbons (Fsp3) is 0.471. The number of halogens is 1. The molecule has 0 N–H and O–H groups in total. The number of alkyl halides is 1. The minimum absolute atomic E-state index is 0.431. The number of rotatable bonds is 10. The van der Waals surface area contributed by atoms with E-state index in [0.29, 0.717) is 13.2 Å². The minimum atomic E-state index is 0.431. The number of carbonyl (C=O) groups is 1. The van der Waals surface area contributed by atoms with Gasteiger partial charge in [0.1, 0.15) is 6.29 Å². The van der Waals surface area contributed by atoms with Gasteiger partial charge in [-0.3, -0.25) is 4.79 Å². The maximum absolute atomic E-state index is 11.2. The molecule has 0 aliphatic rings. The summed E-state index contributed by atoms with van der Waals surface area (Å²) in [5.74, 6) is 0. The lowest BCUT2D eigenvalue weighted by Crippen LogP contribution is -2.20. The van der Waals surface area contributed by atoms with E-state index in [0.717, 1.165) is 35.8 Å². The van der Waals surface area contributed by atoms with Crippen molar-refractivity contribution in [3.8, 4) is 0 Å². The topological polar surface area (TPSA) is 29.5 Å². The van der Waals surface area contributed by atoms with Gasteiger partial charge in [-0.05, 0) is 26.0 Å². The zero-order chi connectivity index (χ0) is 15.5. The molecular formula is C17H24INO2. The van der Waals surface area contributed by atoms with Crippen LogP contribution in [0.5, 0.6) is 0 Å². The Morgan fingerprint density at radius 1 is 1.33 bits per heavy atom. The molecule has 3 nitrogen and oxygen atoms in total. The predicted molar refractivity (Wildman–Crippen MR) is 95.9 cm³/mol. The summed E-state index contributed by atoms with van der Waals surface area (Å²) in [6, 6.07) is 10.4. The highest BCUT2D eigenvalue weighted by molar-refractivity contribution is 14.1. The van der Waals surface area contributed by atoms with E-state index >= 15 is 0 Å². The number of benzene rings is 1. The summed E-state index contributed by atoms with van der Waals surface area (Å²) in [4.78, 5) is 13.5. The van der Waals surface area contributed by atoms with Gasteiger partial charge in [0, 0.05) is 29.7 Å². The van der Waals surface area contributed by atoms with E-state index < -0.39 is 0 Å². The summed E-state index contributed by atoms with van der Waals surface area (Å²) in [6.45, 7) is 4.88. The maximum Gasteiger partial charge on any atom is 0.148 e. The van der Waals surface area contributed by atoms with Crippen LogP contribution in [0.15, 0.2) is 41.5 Å². The highest BCUT2D eigenvalue weighted by atomic mass is 127. The zero-order valence-electron chi connectivity index (χ0n) is 12.8. The lowest BCUT2D eigenvalue weighted by atomic mass is 10.1. The van der Waals surface area contributed by atoms with Crippen LogP contribution in [0.4, 0.5) is 0 Å². The van der Waals surface area contributed by atoms with Crippen LogP contribution in [-0.2, 0) is 16.1 Å². The molecule has 21 heavy (non-hydrogen) atoms. The molecule has 0 spiro atoms. The second-order valence-electron chi connectivity index (χ2n) is 4.99. The highest BCUT2D eigenvalue weighted by Gasteiger charge is 2.08. The van der Waals surface area contributed by atoms with Gasteiger partial charge in [-0.25, -0.2) is 0 Å². The van der Waals surface area contributed by atoms with Crippen molar-refractivity contribution < 1.29 is 9.53 Å². The van der Waals surface area contributed by atoms with Crippen molar-refractivity contribution in [2.75, 3.05) is 31.2 Å². The van der Waals surface area contributed by atoms with Gasteiger partial charge in [0.2, 0.25) is 0 Å². The van der Waals surface area contributed by atoms with Crippen molar-refractivity contribution in [3.05, 3.63) is 47.0 Å². The van der Waals surface area contributed by atoms with Crippen LogP contribution < -0.4 is 0 Å². The van der Waals surface area contributed by atoms with E-state index in [1.807, 2.05) is 13.0 Å². The maximum atomic E-state index is 11.2. The van der Waals surface area contributed by atoms with Gasteiger partial charge < -0.3 is 9.64 Å². The van der Waals surface area contributed by atoms with E-state index in [2.05, 4.69) is 58.8 Å². The molecule has 116 valence electrons. The quantitative estimate of drug-likeness (QED) is 0.260. The second kappa shape index (κ2) is 10.9. The molecule has 0 atom stereocenters. The molecule has 0 amide bonds. The van der Waals surface area contributed by atoms with Gasteiger partial charge in [0.25, 0.3) is 0 Å². The average molecular weight is 401 g/mol. The van der Waals surface area contributed by atoms with Crippen molar-refractivity contribution >= 4 is 28.9 Å². The molecule has 0 radical (unpaired) electrons. The minimum Gasteiger partial charge on any atom is -0.377 e. The SMILES string of the molecule is CCOC/C(C=O)=C(\CI)CCN(C)Cc1ccccc1. The normalized spacial score (nSPS) is 12.4. The van der Waals surface area contributed by atoms with E-state index in [1.165, 1.54) is 11.1 Å². The second-order valence-corrected chi connectivity index (χ2v) is 5.75. The average Bonchev–Trinajstić information content (AvgIpc) is 2.51. The molecule has 0 unspecified atom stereocenters. The lowest BCUT2D eigenvalue weighted by Gasteiger charge is -2.18. The van der Waals surface area contributed by atoms with Crippen LogP contribution in [0.25, 0.3) is 0 Å². The Bertz CT molecular complexity index is 445. The third-order valence-corrected chi connectivity index (χ3v) is 4.23. The Morgan fingerprint density at radius 3 is 2.62 bits per heavy atom. The molecule has 4 heteroatoms. The fourth-order valence-corrected chi connectivity index (χ4v) is 2.92. The summed E-state index contributed by atoms with van der Waals surface area (Å²) in [5.41, 5.74) is 3.31. The van der Waals surface area contributed by atoms with Crippen molar-refractivity contribution in [2.24, 2.45) is 0 Å². The van der Waals surface area contributed by atoms with Crippen LogP contribution >= 0.6 is 22.6 Å². The standard InChI is InChI=1S/C17H24INO2/c1-3-21-14-17(13-20)16(11-18)9-10-19(2)12-15-7-5-4-6-8-15/h4-8,13H,3,9-12,14H2,1-2H3/b17-16-. The molecule has 0 bridgehead atoms. The molecule has 1 rings (SSSR count). The number of nitrogens with zero attached hydrogens (tertiary/aromatic N) is 1. The Hall–Kier alpha value is -0.720. The molecule has 0 heterocycles. The number of aldehydes is 1. The summed E-state index contributed by atoms with van der Waals surface area (Å²) < 4.78 is 6.24. The molecule has 0 aliphatic carbocycles. The number of hydrogen-bond acceptors (Lipinski definition) is 3. The Labute approximate surface area is 141 Å². The zero-order valence-corrected chi connectivity index (χ0v) is 15.0. The molecule has 0 aromatic heterocycles. The molecule has 0 saturated carbocycles.